The minimum absolute atomic E-state index is 0.104. The van der Waals surface area contributed by atoms with Crippen LogP contribution in [0.4, 0.5) is 28.0 Å². The van der Waals surface area contributed by atoms with Gasteiger partial charge in [0.1, 0.15) is 5.82 Å². The number of benzene rings is 2. The van der Waals surface area contributed by atoms with Crippen molar-refractivity contribution in [1.29, 1.82) is 0 Å². The van der Waals surface area contributed by atoms with E-state index in [4.69, 9.17) is 5.73 Å². The summed E-state index contributed by atoms with van der Waals surface area (Å²) in [6.07, 6.45) is -4.71. The number of carbonyl (C=O) groups excluding carboxylic acids is 2. The number of hydrogen-bond donors (Lipinski definition) is 3. The first-order valence-electron chi connectivity index (χ1n) is 7.62. The largest absolute Gasteiger partial charge is 0.416 e. The fourth-order valence-electron chi connectivity index (χ4n) is 2.21. The van der Waals surface area contributed by atoms with Crippen LogP contribution in [-0.2, 0) is 12.6 Å². The summed E-state index contributed by atoms with van der Waals surface area (Å²) < 4.78 is 52.7. The van der Waals surface area contributed by atoms with Crippen molar-refractivity contribution in [2.45, 2.75) is 12.6 Å². The highest BCUT2D eigenvalue weighted by Crippen LogP contribution is 2.30. The molecule has 2 rings (SSSR count). The number of carbonyl (C=O) groups is 2. The summed E-state index contributed by atoms with van der Waals surface area (Å²) in [7, 11) is 0. The highest BCUT2D eigenvalue weighted by Gasteiger charge is 2.31. The van der Waals surface area contributed by atoms with Crippen LogP contribution in [0.5, 0.6) is 0 Å². The van der Waals surface area contributed by atoms with E-state index in [1.807, 2.05) is 0 Å². The molecule has 0 fully saturated rings. The molecule has 2 aromatic carbocycles. The standard InChI is InChI=1S/C17H15F4N3O2S/c18-14-6-3-12(17(19,20)21)9-11(14)7-8-23-16(26)24(27)13-4-1-10(2-5-13)15(22)25/h1-6,9,27H,7-8H2,(H2,22,25)(H,23,26). The number of rotatable bonds is 5. The minimum atomic E-state index is -4.58. The average molecular weight is 401 g/mol. The Balaban J connectivity index is 1.96. The molecule has 0 heterocycles. The summed E-state index contributed by atoms with van der Waals surface area (Å²) in [4.78, 5) is 23.1. The maximum Gasteiger partial charge on any atom is 0.416 e. The molecule has 0 aliphatic rings. The third-order valence-electron chi connectivity index (χ3n) is 3.63. The van der Waals surface area contributed by atoms with Crippen LogP contribution in [0.15, 0.2) is 42.5 Å². The van der Waals surface area contributed by atoms with Gasteiger partial charge < -0.3 is 11.1 Å². The molecule has 144 valence electrons. The maximum atomic E-state index is 13.7. The predicted molar refractivity (Wildman–Crippen MR) is 94.9 cm³/mol. The molecular formula is C17H15F4N3O2S. The van der Waals surface area contributed by atoms with Crippen molar-refractivity contribution in [2.75, 3.05) is 10.8 Å². The number of hydrogen-bond acceptors (Lipinski definition) is 3. The molecular weight excluding hydrogens is 386 g/mol. The number of nitrogens with two attached hydrogens (primary N) is 1. The van der Waals surface area contributed by atoms with Gasteiger partial charge in [-0.2, -0.15) is 13.2 Å². The van der Waals surface area contributed by atoms with Crippen LogP contribution < -0.4 is 15.4 Å². The zero-order chi connectivity index (χ0) is 20.2. The summed E-state index contributed by atoms with van der Waals surface area (Å²) in [5.74, 6) is -1.41. The van der Waals surface area contributed by atoms with Crippen LogP contribution in [0.3, 0.4) is 0 Å². The monoisotopic (exact) mass is 401 g/mol. The second kappa shape index (κ2) is 8.30. The van der Waals surface area contributed by atoms with Crippen LogP contribution in [0.2, 0.25) is 0 Å². The maximum absolute atomic E-state index is 13.7. The lowest BCUT2D eigenvalue weighted by atomic mass is 10.1. The van der Waals surface area contributed by atoms with Gasteiger partial charge >= 0.3 is 12.2 Å². The van der Waals surface area contributed by atoms with Gasteiger partial charge in [-0.3, -0.25) is 4.79 Å². The summed E-state index contributed by atoms with van der Waals surface area (Å²) in [6, 6.07) is 7.14. The van der Waals surface area contributed by atoms with Crippen molar-refractivity contribution in [2.24, 2.45) is 5.73 Å². The lowest BCUT2D eigenvalue weighted by Crippen LogP contribution is -2.35. The average Bonchev–Trinajstić information content (AvgIpc) is 2.61. The molecule has 0 bridgehead atoms. The van der Waals surface area contributed by atoms with E-state index < -0.39 is 29.5 Å². The van der Waals surface area contributed by atoms with Gasteiger partial charge in [0.15, 0.2) is 0 Å². The molecule has 0 radical (unpaired) electrons. The summed E-state index contributed by atoms with van der Waals surface area (Å²) in [5.41, 5.74) is 4.58. The molecule has 3 N–H and O–H groups in total. The van der Waals surface area contributed by atoms with Gasteiger partial charge in [0, 0.05) is 12.1 Å². The predicted octanol–water partition coefficient (Wildman–Crippen LogP) is 3.55. The number of thiol groups is 1. The van der Waals surface area contributed by atoms with E-state index in [2.05, 4.69) is 18.1 Å². The Bertz CT molecular complexity index is 841. The zero-order valence-electron chi connectivity index (χ0n) is 13.8. The Morgan fingerprint density at radius 1 is 1.11 bits per heavy atom. The van der Waals surface area contributed by atoms with Gasteiger partial charge in [-0.05, 0) is 54.4 Å². The number of alkyl halides is 3. The number of amides is 3. The summed E-state index contributed by atoms with van der Waals surface area (Å²) in [5, 5.41) is 2.42. The van der Waals surface area contributed by atoms with E-state index in [1.54, 1.807) is 0 Å². The third-order valence-corrected chi connectivity index (χ3v) is 4.04. The first-order chi connectivity index (χ1) is 12.6. The highest BCUT2D eigenvalue weighted by molar-refractivity contribution is 7.82. The summed E-state index contributed by atoms with van der Waals surface area (Å²) in [6.45, 7) is -0.104. The van der Waals surface area contributed by atoms with E-state index in [-0.39, 0.29) is 24.1 Å². The molecule has 0 aromatic heterocycles. The van der Waals surface area contributed by atoms with Crippen molar-refractivity contribution >= 4 is 30.4 Å². The number of urea groups is 1. The Hall–Kier alpha value is -2.75. The number of nitrogens with zero attached hydrogens (tertiary/aromatic N) is 1. The topological polar surface area (TPSA) is 75.4 Å². The lowest BCUT2D eigenvalue weighted by molar-refractivity contribution is -0.137. The second-order valence-corrected chi connectivity index (χ2v) is 5.91. The smallest absolute Gasteiger partial charge is 0.366 e. The van der Waals surface area contributed by atoms with Crippen LogP contribution in [-0.4, -0.2) is 18.5 Å². The van der Waals surface area contributed by atoms with Crippen molar-refractivity contribution in [1.82, 2.24) is 5.32 Å². The van der Waals surface area contributed by atoms with Gasteiger partial charge in [0.05, 0.1) is 11.3 Å². The van der Waals surface area contributed by atoms with Gasteiger partial charge in [0.2, 0.25) is 5.91 Å². The Labute approximate surface area is 157 Å². The molecule has 0 saturated heterocycles. The SMILES string of the molecule is NC(=O)c1ccc(N(S)C(=O)NCCc2cc(C(F)(F)F)ccc2F)cc1. The molecule has 0 unspecified atom stereocenters. The van der Waals surface area contributed by atoms with Crippen molar-refractivity contribution < 1.29 is 27.2 Å². The number of halogens is 4. The van der Waals surface area contributed by atoms with Crippen LogP contribution in [0.1, 0.15) is 21.5 Å². The fraction of sp³-hybridized carbons (Fsp3) is 0.176. The number of anilines is 1. The molecule has 0 aliphatic carbocycles. The Kier molecular flexibility index (Phi) is 6.32. The minimum Gasteiger partial charge on any atom is -0.366 e. The number of nitrogens with one attached hydrogen (secondary N) is 1. The Morgan fingerprint density at radius 2 is 1.74 bits per heavy atom. The fourth-order valence-corrected chi connectivity index (χ4v) is 2.41. The molecule has 0 aliphatic heterocycles. The lowest BCUT2D eigenvalue weighted by Gasteiger charge is -2.17. The first-order valence-corrected chi connectivity index (χ1v) is 8.02. The molecule has 27 heavy (non-hydrogen) atoms. The Morgan fingerprint density at radius 3 is 2.30 bits per heavy atom. The molecule has 10 heteroatoms. The molecule has 0 atom stereocenters. The van der Waals surface area contributed by atoms with Crippen molar-refractivity contribution in [3.8, 4) is 0 Å². The third kappa shape index (κ3) is 5.36. The quantitative estimate of drug-likeness (QED) is 0.530. The molecule has 0 saturated carbocycles. The van der Waals surface area contributed by atoms with E-state index in [1.165, 1.54) is 24.3 Å². The number of primary amides is 1. The van der Waals surface area contributed by atoms with Crippen LogP contribution >= 0.6 is 12.8 Å². The van der Waals surface area contributed by atoms with Gasteiger partial charge in [-0.15, -0.1) is 0 Å². The van der Waals surface area contributed by atoms with Crippen LogP contribution in [0, 0.1) is 5.82 Å². The second-order valence-electron chi connectivity index (χ2n) is 5.51. The molecule has 2 aromatic rings. The highest BCUT2D eigenvalue weighted by atomic mass is 32.1. The van der Waals surface area contributed by atoms with Crippen LogP contribution in [0.25, 0.3) is 0 Å². The zero-order valence-corrected chi connectivity index (χ0v) is 14.7. The van der Waals surface area contributed by atoms with E-state index in [0.29, 0.717) is 17.8 Å². The van der Waals surface area contributed by atoms with Gasteiger partial charge in [0.25, 0.3) is 0 Å². The molecule has 5 nitrogen and oxygen atoms in total. The van der Waals surface area contributed by atoms with Crippen molar-refractivity contribution in [3.05, 3.63) is 65.0 Å². The summed E-state index contributed by atoms with van der Waals surface area (Å²) >= 11 is 4.02. The van der Waals surface area contributed by atoms with E-state index >= 15 is 0 Å². The first kappa shape index (κ1) is 20.6. The normalized spacial score (nSPS) is 11.1. The van der Waals surface area contributed by atoms with E-state index in [0.717, 1.165) is 10.4 Å². The molecule has 0 spiro atoms. The molecule has 3 amide bonds. The van der Waals surface area contributed by atoms with Gasteiger partial charge in [-0.25, -0.2) is 13.5 Å². The van der Waals surface area contributed by atoms with Gasteiger partial charge in [-0.1, -0.05) is 12.8 Å². The van der Waals surface area contributed by atoms with Crippen molar-refractivity contribution in [3.63, 3.8) is 0 Å². The van der Waals surface area contributed by atoms with E-state index in [9.17, 15) is 27.2 Å².